The lowest BCUT2D eigenvalue weighted by Crippen LogP contribution is -1.98. The quantitative estimate of drug-likeness (QED) is 0.567. The van der Waals surface area contributed by atoms with Crippen molar-refractivity contribution < 1.29 is 9.47 Å². The van der Waals surface area contributed by atoms with Crippen LogP contribution in [-0.2, 0) is 11.9 Å². The minimum absolute atomic E-state index is 0.567. The third-order valence-corrected chi connectivity index (χ3v) is 4.98. The van der Waals surface area contributed by atoms with Crippen LogP contribution in [0.4, 0.5) is 0 Å². The highest BCUT2D eigenvalue weighted by molar-refractivity contribution is 9.08. The highest BCUT2D eigenvalue weighted by Crippen LogP contribution is 2.30. The summed E-state index contributed by atoms with van der Waals surface area (Å²) >= 11 is 5.25. The van der Waals surface area contributed by atoms with Gasteiger partial charge < -0.3 is 9.47 Å². The van der Waals surface area contributed by atoms with Gasteiger partial charge in [0, 0.05) is 27.2 Å². The van der Waals surface area contributed by atoms with Gasteiger partial charge in [0.05, 0.1) is 7.11 Å². The summed E-state index contributed by atoms with van der Waals surface area (Å²) in [5, 5.41) is 4.20. The fourth-order valence-corrected chi connectivity index (χ4v) is 3.62. The van der Waals surface area contributed by atoms with Gasteiger partial charge in [-0.15, -0.1) is 11.3 Å². The summed E-state index contributed by atoms with van der Waals surface area (Å²) in [5.74, 6) is 1.67. The van der Waals surface area contributed by atoms with Crippen LogP contribution < -0.4 is 9.47 Å². The molecule has 0 radical (unpaired) electrons. The molecule has 0 aliphatic rings. The Labute approximate surface area is 136 Å². The Hall–Kier alpha value is -1.52. The molecule has 1 heterocycles. The summed E-state index contributed by atoms with van der Waals surface area (Å²) in [5.41, 5.74) is 2.34. The molecular formula is C17H15BrO2S. The maximum Gasteiger partial charge on any atom is 0.127 e. The van der Waals surface area contributed by atoms with E-state index in [1.807, 2.05) is 18.2 Å². The van der Waals surface area contributed by atoms with Crippen LogP contribution in [-0.4, -0.2) is 7.11 Å². The van der Waals surface area contributed by atoms with E-state index in [0.717, 1.165) is 22.4 Å². The van der Waals surface area contributed by atoms with Gasteiger partial charge in [-0.05, 0) is 22.9 Å². The SMILES string of the molecule is COc1ccc(CBr)c(OCc2csc3ccccc23)c1. The minimum atomic E-state index is 0.567. The molecule has 2 nitrogen and oxygen atoms in total. The van der Waals surface area contributed by atoms with E-state index in [2.05, 4.69) is 45.6 Å². The van der Waals surface area contributed by atoms with E-state index >= 15 is 0 Å². The predicted molar refractivity (Wildman–Crippen MR) is 91.8 cm³/mol. The number of hydrogen-bond donors (Lipinski definition) is 0. The van der Waals surface area contributed by atoms with Crippen LogP contribution in [0.5, 0.6) is 11.5 Å². The molecule has 108 valence electrons. The summed E-state index contributed by atoms with van der Waals surface area (Å²) in [7, 11) is 1.67. The molecule has 0 fully saturated rings. The zero-order valence-corrected chi connectivity index (χ0v) is 14.0. The second-order valence-corrected chi connectivity index (χ2v) is 6.13. The van der Waals surface area contributed by atoms with Gasteiger partial charge in [-0.3, -0.25) is 0 Å². The van der Waals surface area contributed by atoms with Crippen molar-refractivity contribution in [1.82, 2.24) is 0 Å². The lowest BCUT2D eigenvalue weighted by Gasteiger charge is -2.11. The largest absolute Gasteiger partial charge is 0.497 e. The lowest BCUT2D eigenvalue weighted by atomic mass is 10.2. The highest BCUT2D eigenvalue weighted by atomic mass is 79.9. The normalized spacial score (nSPS) is 10.8. The molecule has 1 aromatic heterocycles. The minimum Gasteiger partial charge on any atom is -0.497 e. The molecule has 0 aliphatic carbocycles. The van der Waals surface area contributed by atoms with Crippen molar-refractivity contribution in [3.8, 4) is 11.5 Å². The maximum absolute atomic E-state index is 6.02. The molecule has 0 unspecified atom stereocenters. The molecule has 21 heavy (non-hydrogen) atoms. The predicted octanol–water partition coefficient (Wildman–Crippen LogP) is 5.38. The Morgan fingerprint density at radius 3 is 2.76 bits per heavy atom. The zero-order valence-electron chi connectivity index (χ0n) is 11.6. The molecule has 0 spiro atoms. The molecule has 0 aliphatic heterocycles. The van der Waals surface area contributed by atoms with Gasteiger partial charge in [0.25, 0.3) is 0 Å². The van der Waals surface area contributed by atoms with Gasteiger partial charge in [0.15, 0.2) is 0 Å². The molecular weight excluding hydrogens is 348 g/mol. The summed E-state index contributed by atoms with van der Waals surface area (Å²) in [4.78, 5) is 0. The van der Waals surface area contributed by atoms with Gasteiger partial charge in [-0.2, -0.15) is 0 Å². The van der Waals surface area contributed by atoms with Crippen molar-refractivity contribution in [2.45, 2.75) is 11.9 Å². The standard InChI is InChI=1S/C17H15BrO2S/c1-19-14-7-6-12(9-18)16(8-14)20-10-13-11-21-17-5-3-2-4-15(13)17/h2-8,11H,9-10H2,1H3. The lowest BCUT2D eigenvalue weighted by molar-refractivity contribution is 0.303. The summed E-state index contributed by atoms with van der Waals surface area (Å²) in [6.45, 7) is 0.567. The smallest absolute Gasteiger partial charge is 0.127 e. The molecule has 0 bridgehead atoms. The zero-order chi connectivity index (χ0) is 14.7. The number of thiophene rings is 1. The topological polar surface area (TPSA) is 18.5 Å². The van der Waals surface area contributed by atoms with Gasteiger partial charge in [-0.25, -0.2) is 0 Å². The van der Waals surface area contributed by atoms with E-state index in [9.17, 15) is 0 Å². The number of rotatable bonds is 5. The second kappa shape index (κ2) is 6.50. The summed E-state index contributed by atoms with van der Waals surface area (Å²) < 4.78 is 12.6. The summed E-state index contributed by atoms with van der Waals surface area (Å²) in [6, 6.07) is 14.3. The van der Waals surface area contributed by atoms with Crippen molar-refractivity contribution in [2.75, 3.05) is 7.11 Å². The Morgan fingerprint density at radius 1 is 1.10 bits per heavy atom. The van der Waals surface area contributed by atoms with E-state index < -0.39 is 0 Å². The molecule has 0 amide bonds. The Kier molecular flexibility index (Phi) is 4.46. The fraction of sp³-hybridized carbons (Fsp3) is 0.176. The van der Waals surface area contributed by atoms with Crippen LogP contribution in [0.25, 0.3) is 10.1 Å². The molecule has 0 saturated heterocycles. The van der Waals surface area contributed by atoms with E-state index in [-0.39, 0.29) is 0 Å². The van der Waals surface area contributed by atoms with Gasteiger partial charge >= 0.3 is 0 Å². The van der Waals surface area contributed by atoms with Gasteiger partial charge in [0.2, 0.25) is 0 Å². The number of alkyl halides is 1. The first-order valence-electron chi connectivity index (χ1n) is 6.62. The molecule has 3 aromatic rings. The number of benzene rings is 2. The van der Waals surface area contributed by atoms with Crippen molar-refractivity contribution in [1.29, 1.82) is 0 Å². The fourth-order valence-electron chi connectivity index (χ4n) is 2.21. The van der Waals surface area contributed by atoms with Crippen molar-refractivity contribution in [3.63, 3.8) is 0 Å². The average Bonchev–Trinajstić information content (AvgIpc) is 2.96. The van der Waals surface area contributed by atoms with Crippen LogP contribution in [0, 0.1) is 0 Å². The number of halogens is 1. The molecule has 0 N–H and O–H groups in total. The molecule has 4 heteroatoms. The Morgan fingerprint density at radius 2 is 1.95 bits per heavy atom. The van der Waals surface area contributed by atoms with E-state index in [1.165, 1.54) is 15.6 Å². The van der Waals surface area contributed by atoms with Crippen molar-refractivity contribution in [2.24, 2.45) is 0 Å². The maximum atomic E-state index is 6.02. The Balaban J connectivity index is 1.84. The number of ether oxygens (including phenoxy) is 2. The Bertz CT molecular complexity index is 751. The second-order valence-electron chi connectivity index (χ2n) is 4.65. The first-order valence-corrected chi connectivity index (χ1v) is 8.62. The van der Waals surface area contributed by atoms with Crippen LogP contribution in [0.3, 0.4) is 0 Å². The van der Waals surface area contributed by atoms with E-state index in [1.54, 1.807) is 18.4 Å². The van der Waals surface area contributed by atoms with Gasteiger partial charge in [0.1, 0.15) is 18.1 Å². The monoisotopic (exact) mass is 362 g/mol. The number of hydrogen-bond acceptors (Lipinski definition) is 3. The average molecular weight is 363 g/mol. The molecule has 0 saturated carbocycles. The highest BCUT2D eigenvalue weighted by Gasteiger charge is 2.08. The first-order chi connectivity index (χ1) is 10.3. The number of fused-ring (bicyclic) bond motifs is 1. The van der Waals surface area contributed by atoms with Crippen LogP contribution in [0.15, 0.2) is 47.8 Å². The van der Waals surface area contributed by atoms with Crippen molar-refractivity contribution >= 4 is 37.4 Å². The van der Waals surface area contributed by atoms with E-state index in [0.29, 0.717) is 6.61 Å². The summed E-state index contributed by atoms with van der Waals surface area (Å²) in [6.07, 6.45) is 0. The van der Waals surface area contributed by atoms with Gasteiger partial charge in [-0.1, -0.05) is 40.2 Å². The van der Waals surface area contributed by atoms with E-state index in [4.69, 9.17) is 9.47 Å². The van der Waals surface area contributed by atoms with Crippen LogP contribution in [0.2, 0.25) is 0 Å². The van der Waals surface area contributed by atoms with Crippen LogP contribution >= 0.6 is 27.3 Å². The first kappa shape index (κ1) is 14.4. The number of methoxy groups -OCH3 is 1. The molecule has 0 atom stereocenters. The molecule has 3 rings (SSSR count). The molecule has 2 aromatic carbocycles. The van der Waals surface area contributed by atoms with Crippen molar-refractivity contribution in [3.05, 3.63) is 59.0 Å². The third kappa shape index (κ3) is 3.06. The third-order valence-electron chi connectivity index (χ3n) is 3.36. The van der Waals surface area contributed by atoms with Crippen LogP contribution in [0.1, 0.15) is 11.1 Å².